The molecule has 0 atom stereocenters. The molecule has 1 fully saturated rings. The summed E-state index contributed by atoms with van der Waals surface area (Å²) in [6.45, 7) is 11.0. The zero-order chi connectivity index (χ0) is 12.5. The van der Waals surface area contributed by atoms with Crippen LogP contribution in [0.2, 0.25) is 0 Å². The molecule has 0 spiro atoms. The quantitative estimate of drug-likeness (QED) is 0.580. The van der Waals surface area contributed by atoms with Crippen LogP contribution in [0.15, 0.2) is 36.4 Å². The number of allylic oxidation sites excluding steroid dienone is 1. The molecule has 0 amide bonds. The second kappa shape index (κ2) is 4.68. The number of hydrogen-bond acceptors (Lipinski definition) is 0. The highest BCUT2D eigenvalue weighted by molar-refractivity contribution is 5.31. The van der Waals surface area contributed by atoms with Crippen LogP contribution in [-0.2, 0) is 5.41 Å². The lowest BCUT2D eigenvalue weighted by Crippen LogP contribution is -2.13. The van der Waals surface area contributed by atoms with Crippen molar-refractivity contribution < 1.29 is 0 Å². The van der Waals surface area contributed by atoms with Crippen molar-refractivity contribution in [2.45, 2.75) is 57.8 Å². The zero-order valence-electron chi connectivity index (χ0n) is 11.4. The lowest BCUT2D eigenvalue weighted by atomic mass is 9.79. The molecule has 1 saturated carbocycles. The van der Waals surface area contributed by atoms with Gasteiger partial charge >= 0.3 is 0 Å². The van der Waals surface area contributed by atoms with E-state index in [-0.39, 0.29) is 5.41 Å². The van der Waals surface area contributed by atoms with E-state index in [1.54, 1.807) is 0 Å². The highest BCUT2D eigenvalue weighted by Gasteiger charge is 2.19. The summed E-state index contributed by atoms with van der Waals surface area (Å²) in [4.78, 5) is 0. The maximum atomic E-state index is 4.10. The Morgan fingerprint density at radius 3 is 2.35 bits per heavy atom. The van der Waals surface area contributed by atoms with Crippen LogP contribution in [0.3, 0.4) is 0 Å². The molecule has 1 aliphatic rings. The van der Waals surface area contributed by atoms with E-state index in [4.69, 9.17) is 0 Å². The van der Waals surface area contributed by atoms with Crippen molar-refractivity contribution >= 4 is 0 Å². The normalized spacial score (nSPS) is 18.4. The topological polar surface area (TPSA) is 0 Å². The Labute approximate surface area is 106 Å². The lowest BCUT2D eigenvalue weighted by Gasteiger charge is -2.26. The monoisotopic (exact) mass is 228 g/mol. The molecule has 0 heterocycles. The molecule has 17 heavy (non-hydrogen) atoms. The van der Waals surface area contributed by atoms with Gasteiger partial charge in [-0.2, -0.15) is 0 Å². The first kappa shape index (κ1) is 12.4. The van der Waals surface area contributed by atoms with Crippen LogP contribution in [0.5, 0.6) is 0 Å². The van der Waals surface area contributed by atoms with E-state index in [0.29, 0.717) is 0 Å². The van der Waals surface area contributed by atoms with Gasteiger partial charge < -0.3 is 0 Å². The van der Waals surface area contributed by atoms with E-state index in [0.717, 1.165) is 5.92 Å². The van der Waals surface area contributed by atoms with Crippen LogP contribution in [-0.4, -0.2) is 0 Å². The smallest absolute Gasteiger partial charge is 0.0132 e. The van der Waals surface area contributed by atoms with E-state index in [1.165, 1.54) is 42.4 Å². The fourth-order valence-electron chi connectivity index (χ4n) is 2.62. The molecule has 1 aromatic rings. The zero-order valence-corrected chi connectivity index (χ0v) is 11.4. The SMILES string of the molecule is C=C1CCC(c2cccc(C(C)(C)C)c2)CC1. The number of rotatable bonds is 1. The van der Waals surface area contributed by atoms with Crippen molar-refractivity contribution in [2.75, 3.05) is 0 Å². The Morgan fingerprint density at radius 2 is 1.76 bits per heavy atom. The van der Waals surface area contributed by atoms with E-state index in [1.807, 2.05) is 0 Å². The van der Waals surface area contributed by atoms with E-state index < -0.39 is 0 Å². The van der Waals surface area contributed by atoms with Gasteiger partial charge in [0.15, 0.2) is 0 Å². The van der Waals surface area contributed by atoms with E-state index in [9.17, 15) is 0 Å². The van der Waals surface area contributed by atoms with Crippen molar-refractivity contribution in [3.8, 4) is 0 Å². The van der Waals surface area contributed by atoms with Gasteiger partial charge in [0.2, 0.25) is 0 Å². The van der Waals surface area contributed by atoms with E-state index >= 15 is 0 Å². The van der Waals surface area contributed by atoms with Crippen LogP contribution in [0.4, 0.5) is 0 Å². The van der Waals surface area contributed by atoms with Gasteiger partial charge in [-0.25, -0.2) is 0 Å². The first-order valence-electron chi connectivity index (χ1n) is 6.74. The average Bonchev–Trinajstić information content (AvgIpc) is 2.29. The fraction of sp³-hybridized carbons (Fsp3) is 0.529. The third kappa shape index (κ3) is 3.00. The molecule has 0 aromatic heterocycles. The second-order valence-corrected chi connectivity index (χ2v) is 6.40. The predicted octanol–water partition coefficient (Wildman–Crippen LogP) is 5.20. The first-order chi connectivity index (χ1) is 7.97. The predicted molar refractivity (Wildman–Crippen MR) is 75.5 cm³/mol. The van der Waals surface area contributed by atoms with Crippen LogP contribution >= 0.6 is 0 Å². The number of benzene rings is 1. The molecular weight excluding hydrogens is 204 g/mol. The molecule has 1 aliphatic carbocycles. The summed E-state index contributed by atoms with van der Waals surface area (Å²) >= 11 is 0. The lowest BCUT2D eigenvalue weighted by molar-refractivity contribution is 0.515. The molecule has 0 heteroatoms. The van der Waals surface area contributed by atoms with Crippen molar-refractivity contribution in [3.63, 3.8) is 0 Å². The van der Waals surface area contributed by atoms with Gasteiger partial charge in [-0.15, -0.1) is 0 Å². The molecule has 0 radical (unpaired) electrons. The molecule has 2 rings (SSSR count). The van der Waals surface area contributed by atoms with Crippen LogP contribution in [0, 0.1) is 0 Å². The first-order valence-corrected chi connectivity index (χ1v) is 6.74. The fourth-order valence-corrected chi connectivity index (χ4v) is 2.62. The van der Waals surface area contributed by atoms with E-state index in [2.05, 4.69) is 51.6 Å². The van der Waals surface area contributed by atoms with Crippen molar-refractivity contribution in [1.29, 1.82) is 0 Å². The van der Waals surface area contributed by atoms with Crippen molar-refractivity contribution in [2.24, 2.45) is 0 Å². The maximum Gasteiger partial charge on any atom is -0.0132 e. The standard InChI is InChI=1S/C17H24/c1-13-8-10-14(11-9-13)15-6-5-7-16(12-15)17(2,3)4/h5-7,12,14H,1,8-11H2,2-4H3. The summed E-state index contributed by atoms with van der Waals surface area (Å²) in [5.41, 5.74) is 4.69. The summed E-state index contributed by atoms with van der Waals surface area (Å²) in [6, 6.07) is 9.19. The Kier molecular flexibility index (Phi) is 3.42. The minimum atomic E-state index is 0.258. The summed E-state index contributed by atoms with van der Waals surface area (Å²) in [5.74, 6) is 0.753. The molecule has 0 nitrogen and oxygen atoms in total. The van der Waals surface area contributed by atoms with Crippen LogP contribution in [0.1, 0.15) is 63.5 Å². The maximum absolute atomic E-state index is 4.10. The van der Waals surface area contributed by atoms with Gasteiger partial charge in [0, 0.05) is 0 Å². The third-order valence-corrected chi connectivity index (χ3v) is 3.92. The molecule has 1 aromatic carbocycles. The summed E-state index contributed by atoms with van der Waals surface area (Å²) in [7, 11) is 0. The molecule has 0 bridgehead atoms. The van der Waals surface area contributed by atoms with Gasteiger partial charge in [-0.3, -0.25) is 0 Å². The Hall–Kier alpha value is -1.04. The molecule has 0 saturated heterocycles. The molecule has 0 N–H and O–H groups in total. The van der Waals surface area contributed by atoms with Crippen molar-refractivity contribution in [3.05, 3.63) is 47.5 Å². The van der Waals surface area contributed by atoms with Gasteiger partial charge in [-0.1, -0.05) is 57.2 Å². The molecular formula is C17H24. The summed E-state index contributed by atoms with van der Waals surface area (Å²) in [6.07, 6.45) is 4.99. The van der Waals surface area contributed by atoms with Gasteiger partial charge in [0.1, 0.15) is 0 Å². The minimum Gasteiger partial charge on any atom is -0.0999 e. The number of hydrogen-bond donors (Lipinski definition) is 0. The Morgan fingerprint density at radius 1 is 1.12 bits per heavy atom. The van der Waals surface area contributed by atoms with Crippen molar-refractivity contribution in [1.82, 2.24) is 0 Å². The Bertz CT molecular complexity index is 396. The third-order valence-electron chi connectivity index (χ3n) is 3.92. The second-order valence-electron chi connectivity index (χ2n) is 6.40. The van der Waals surface area contributed by atoms with Gasteiger partial charge in [-0.05, 0) is 48.1 Å². The van der Waals surface area contributed by atoms with Crippen LogP contribution in [0.25, 0.3) is 0 Å². The van der Waals surface area contributed by atoms with Gasteiger partial charge in [0.25, 0.3) is 0 Å². The van der Waals surface area contributed by atoms with Gasteiger partial charge in [0.05, 0.1) is 0 Å². The largest absolute Gasteiger partial charge is 0.0999 e. The minimum absolute atomic E-state index is 0.258. The van der Waals surface area contributed by atoms with Crippen LogP contribution < -0.4 is 0 Å². The summed E-state index contributed by atoms with van der Waals surface area (Å²) < 4.78 is 0. The molecule has 0 aliphatic heterocycles. The Balaban J connectivity index is 2.19. The highest BCUT2D eigenvalue weighted by Crippen LogP contribution is 2.36. The highest BCUT2D eigenvalue weighted by atomic mass is 14.2. The molecule has 0 unspecified atom stereocenters. The molecule has 92 valence electrons. The average molecular weight is 228 g/mol. The summed E-state index contributed by atoms with van der Waals surface area (Å²) in [5, 5.41) is 0.